The van der Waals surface area contributed by atoms with Crippen LogP contribution >= 0.6 is 11.3 Å². The van der Waals surface area contributed by atoms with Crippen LogP contribution in [-0.2, 0) is 22.4 Å². The van der Waals surface area contributed by atoms with E-state index in [4.69, 9.17) is 14.5 Å². The molecule has 0 spiro atoms. The molecule has 1 aliphatic heterocycles. The summed E-state index contributed by atoms with van der Waals surface area (Å²) in [6.45, 7) is 4.72. The molecular weight excluding hydrogens is 354 g/mol. The van der Waals surface area contributed by atoms with Crippen molar-refractivity contribution >= 4 is 33.1 Å². The van der Waals surface area contributed by atoms with Crippen molar-refractivity contribution in [3.05, 3.63) is 10.4 Å². The van der Waals surface area contributed by atoms with Gasteiger partial charge in [-0.25, -0.2) is 0 Å². The Hall–Kier alpha value is -1.88. The van der Waals surface area contributed by atoms with Crippen LogP contribution in [0, 0.1) is 0 Å². The normalized spacial score (nSPS) is 15.0. The molecule has 26 heavy (non-hydrogen) atoms. The Morgan fingerprint density at radius 3 is 2.69 bits per heavy atom. The van der Waals surface area contributed by atoms with Gasteiger partial charge in [0.1, 0.15) is 10.6 Å². The predicted molar refractivity (Wildman–Crippen MR) is 100.0 cm³/mol. The lowest BCUT2D eigenvalue weighted by Gasteiger charge is -2.26. The third-order valence-electron chi connectivity index (χ3n) is 4.73. The molecule has 10 heteroatoms. The van der Waals surface area contributed by atoms with Crippen molar-refractivity contribution in [1.29, 1.82) is 0 Å². The fraction of sp³-hybridized carbons (Fsp3) is 0.625. The number of ether oxygens (including phenoxy) is 2. The molecule has 4 rings (SSSR count). The van der Waals surface area contributed by atoms with Crippen molar-refractivity contribution in [3.8, 4) is 0 Å². The molecule has 3 aromatic heterocycles. The number of tetrazole rings is 1. The van der Waals surface area contributed by atoms with Gasteiger partial charge in [-0.2, -0.15) is 9.50 Å². The fourth-order valence-corrected chi connectivity index (χ4v) is 4.75. The standard InChI is InChI=1S/C16H23N7O2S/c1-21-5-4-11-12(10-21)26-15-13(11)14(17-16-18-19-20-23(15)16)22(6-8-24-2)7-9-25-3/h4-10H2,1-3H3. The first kappa shape index (κ1) is 17.5. The van der Waals surface area contributed by atoms with Crippen molar-refractivity contribution in [2.45, 2.75) is 13.0 Å². The third-order valence-corrected chi connectivity index (χ3v) is 5.93. The first-order valence-corrected chi connectivity index (χ1v) is 9.48. The van der Waals surface area contributed by atoms with Gasteiger partial charge in [-0.1, -0.05) is 5.10 Å². The quantitative estimate of drug-likeness (QED) is 0.599. The number of thiophene rings is 1. The molecule has 9 nitrogen and oxygen atoms in total. The molecule has 1 aliphatic rings. The molecule has 0 N–H and O–H groups in total. The molecule has 0 aromatic carbocycles. The highest BCUT2D eigenvalue weighted by Crippen LogP contribution is 2.39. The molecule has 0 amide bonds. The van der Waals surface area contributed by atoms with Gasteiger partial charge in [-0.3, -0.25) is 0 Å². The largest absolute Gasteiger partial charge is 0.383 e. The van der Waals surface area contributed by atoms with Crippen LogP contribution in [0.15, 0.2) is 0 Å². The number of aromatic nitrogens is 5. The zero-order valence-electron chi connectivity index (χ0n) is 15.3. The SMILES string of the molecule is COCCN(CCOC)c1nc2nnnn2c2sc3c(c12)CCN(C)C3. The molecule has 0 fully saturated rings. The van der Waals surface area contributed by atoms with Crippen LogP contribution in [0.25, 0.3) is 16.0 Å². The summed E-state index contributed by atoms with van der Waals surface area (Å²) in [6, 6.07) is 0. The maximum absolute atomic E-state index is 5.31. The van der Waals surface area contributed by atoms with Gasteiger partial charge in [0.25, 0.3) is 5.78 Å². The van der Waals surface area contributed by atoms with Crippen LogP contribution in [0.4, 0.5) is 5.82 Å². The topological polar surface area (TPSA) is 80.9 Å². The lowest BCUT2D eigenvalue weighted by molar-refractivity contribution is 0.190. The molecule has 0 atom stereocenters. The molecular formula is C16H23N7O2S. The number of likely N-dealkylation sites (N-methyl/N-ethyl adjacent to an activating group) is 1. The monoisotopic (exact) mass is 377 g/mol. The number of nitrogens with zero attached hydrogens (tertiary/aromatic N) is 7. The first-order valence-electron chi connectivity index (χ1n) is 8.66. The number of methoxy groups -OCH3 is 2. The van der Waals surface area contributed by atoms with Crippen molar-refractivity contribution < 1.29 is 9.47 Å². The van der Waals surface area contributed by atoms with Crippen LogP contribution in [-0.4, -0.2) is 84.0 Å². The van der Waals surface area contributed by atoms with Gasteiger partial charge >= 0.3 is 0 Å². The van der Waals surface area contributed by atoms with E-state index in [1.807, 2.05) is 0 Å². The minimum absolute atomic E-state index is 0.527. The summed E-state index contributed by atoms with van der Waals surface area (Å²) in [6.07, 6.45) is 1.01. The summed E-state index contributed by atoms with van der Waals surface area (Å²) in [5.74, 6) is 1.46. The highest BCUT2D eigenvalue weighted by molar-refractivity contribution is 7.19. The molecule has 0 saturated heterocycles. The smallest absolute Gasteiger partial charge is 0.276 e. The highest BCUT2D eigenvalue weighted by atomic mass is 32.1. The van der Waals surface area contributed by atoms with Gasteiger partial charge in [-0.15, -0.1) is 11.3 Å². The van der Waals surface area contributed by atoms with E-state index in [1.54, 1.807) is 30.1 Å². The number of rotatable bonds is 7. The van der Waals surface area contributed by atoms with Crippen molar-refractivity contribution in [1.82, 2.24) is 29.9 Å². The van der Waals surface area contributed by atoms with Crippen LogP contribution in [0.1, 0.15) is 10.4 Å². The van der Waals surface area contributed by atoms with Gasteiger partial charge < -0.3 is 19.3 Å². The van der Waals surface area contributed by atoms with Crippen LogP contribution in [0.2, 0.25) is 0 Å². The number of hydrogen-bond acceptors (Lipinski definition) is 9. The average Bonchev–Trinajstić information content (AvgIpc) is 3.24. The summed E-state index contributed by atoms with van der Waals surface area (Å²) in [5.41, 5.74) is 1.38. The second kappa shape index (κ2) is 7.39. The second-order valence-electron chi connectivity index (χ2n) is 6.47. The number of fused-ring (bicyclic) bond motifs is 5. The van der Waals surface area contributed by atoms with E-state index in [2.05, 4.69) is 32.4 Å². The first-order chi connectivity index (χ1) is 12.7. The summed E-state index contributed by atoms with van der Waals surface area (Å²) < 4.78 is 12.4. The molecule has 0 bridgehead atoms. The Balaban J connectivity index is 1.90. The summed E-state index contributed by atoms with van der Waals surface area (Å²) in [5, 5.41) is 13.2. The van der Waals surface area contributed by atoms with Crippen LogP contribution < -0.4 is 4.90 Å². The number of anilines is 1. The van der Waals surface area contributed by atoms with E-state index in [1.165, 1.54) is 15.8 Å². The second-order valence-corrected chi connectivity index (χ2v) is 7.55. The predicted octanol–water partition coefficient (Wildman–Crippen LogP) is 0.821. The Morgan fingerprint density at radius 2 is 1.96 bits per heavy atom. The maximum Gasteiger partial charge on any atom is 0.276 e. The van der Waals surface area contributed by atoms with E-state index >= 15 is 0 Å². The molecule has 0 radical (unpaired) electrons. The molecule has 4 heterocycles. The Labute approximate surface area is 155 Å². The Bertz CT molecular complexity index is 901. The number of hydrogen-bond donors (Lipinski definition) is 0. The van der Waals surface area contributed by atoms with Crippen molar-refractivity contribution in [2.24, 2.45) is 0 Å². The van der Waals surface area contributed by atoms with Gasteiger partial charge in [0, 0.05) is 45.3 Å². The lowest BCUT2D eigenvalue weighted by Crippen LogP contribution is -2.32. The Morgan fingerprint density at radius 1 is 1.19 bits per heavy atom. The van der Waals surface area contributed by atoms with Crippen molar-refractivity contribution in [2.75, 3.05) is 59.0 Å². The van der Waals surface area contributed by atoms with E-state index in [9.17, 15) is 0 Å². The van der Waals surface area contributed by atoms with Crippen LogP contribution in [0.3, 0.4) is 0 Å². The maximum atomic E-state index is 5.31. The van der Waals surface area contributed by atoms with Gasteiger partial charge in [-0.05, 0) is 29.5 Å². The molecule has 0 unspecified atom stereocenters. The van der Waals surface area contributed by atoms with Gasteiger partial charge in [0.2, 0.25) is 0 Å². The summed E-state index contributed by atoms with van der Waals surface area (Å²) in [7, 11) is 5.58. The molecule has 0 aliphatic carbocycles. The minimum Gasteiger partial charge on any atom is -0.383 e. The van der Waals surface area contributed by atoms with E-state index < -0.39 is 0 Å². The van der Waals surface area contributed by atoms with E-state index in [-0.39, 0.29) is 0 Å². The molecule has 3 aromatic rings. The fourth-order valence-electron chi connectivity index (χ4n) is 3.39. The zero-order chi connectivity index (χ0) is 18.1. The zero-order valence-corrected chi connectivity index (χ0v) is 16.1. The Kier molecular flexibility index (Phi) is 4.98. The highest BCUT2D eigenvalue weighted by Gasteiger charge is 2.26. The molecule has 0 saturated carbocycles. The van der Waals surface area contributed by atoms with Crippen molar-refractivity contribution in [3.63, 3.8) is 0 Å². The summed E-state index contributed by atoms with van der Waals surface area (Å²) >= 11 is 1.77. The summed E-state index contributed by atoms with van der Waals surface area (Å²) in [4.78, 5) is 11.8. The minimum atomic E-state index is 0.527. The van der Waals surface area contributed by atoms with E-state index in [0.717, 1.165) is 43.2 Å². The van der Waals surface area contributed by atoms with Gasteiger partial charge in [0.15, 0.2) is 0 Å². The van der Waals surface area contributed by atoms with E-state index in [0.29, 0.717) is 19.0 Å². The van der Waals surface area contributed by atoms with Gasteiger partial charge in [0.05, 0.1) is 18.6 Å². The lowest BCUT2D eigenvalue weighted by atomic mass is 10.1. The molecule has 140 valence electrons. The average molecular weight is 377 g/mol. The van der Waals surface area contributed by atoms with Crippen LogP contribution in [0.5, 0.6) is 0 Å². The third kappa shape index (κ3) is 3.02.